The van der Waals surface area contributed by atoms with E-state index in [0.717, 1.165) is 0 Å². The molecule has 1 aliphatic carbocycles. The van der Waals surface area contributed by atoms with Gasteiger partial charge in [-0.1, -0.05) is 18.2 Å². The number of nitrogens with zero attached hydrogens (tertiary/aromatic N) is 1. The van der Waals surface area contributed by atoms with Gasteiger partial charge in [0.2, 0.25) is 0 Å². The molecule has 3 aliphatic rings. The normalized spacial score (nSPS) is 23.5. The third-order valence-electron chi connectivity index (χ3n) is 4.75. The van der Waals surface area contributed by atoms with Gasteiger partial charge in [0.25, 0.3) is 0 Å². The van der Waals surface area contributed by atoms with E-state index in [2.05, 4.69) is 0 Å². The first kappa shape index (κ1) is 15.4. The summed E-state index contributed by atoms with van der Waals surface area (Å²) in [5, 5.41) is 0. The second kappa shape index (κ2) is 5.44. The zero-order valence-electron chi connectivity index (χ0n) is 13.6. The number of allylic oxidation sites excluding steroid dienone is 3. The van der Waals surface area contributed by atoms with Gasteiger partial charge in [0.15, 0.2) is 11.6 Å². The number of carbonyl (C=O) groups excluding carboxylic acids is 3. The monoisotopic (exact) mass is 336 g/mol. The lowest BCUT2D eigenvalue weighted by atomic mass is 9.75. The van der Waals surface area contributed by atoms with E-state index in [9.17, 15) is 14.4 Å². The van der Waals surface area contributed by atoms with E-state index < -0.39 is 17.9 Å². The Bertz CT molecular complexity index is 910. The van der Waals surface area contributed by atoms with Crippen molar-refractivity contribution in [2.24, 2.45) is 5.92 Å². The topological polar surface area (TPSA) is 89.7 Å². The van der Waals surface area contributed by atoms with E-state index in [1.807, 2.05) is 0 Å². The fourth-order valence-corrected chi connectivity index (χ4v) is 3.76. The molecule has 4 rings (SSSR count). The molecule has 0 spiro atoms. The van der Waals surface area contributed by atoms with Crippen molar-refractivity contribution >= 4 is 23.2 Å². The largest absolute Gasteiger partial charge is 0.463 e. The first-order chi connectivity index (χ1) is 12.1. The van der Waals surface area contributed by atoms with Crippen molar-refractivity contribution in [1.29, 1.82) is 0 Å². The maximum Gasteiger partial charge on any atom is 0.336 e. The molecule has 2 heterocycles. The zero-order chi connectivity index (χ0) is 17.7. The number of hydrogen-bond donors (Lipinski definition) is 1. The molecule has 1 aromatic carbocycles. The summed E-state index contributed by atoms with van der Waals surface area (Å²) in [6, 6.07) is 4.07. The Morgan fingerprint density at radius 3 is 2.80 bits per heavy atom. The van der Waals surface area contributed by atoms with Gasteiger partial charge in [-0.2, -0.15) is 0 Å². The maximum absolute atomic E-state index is 13.2. The van der Waals surface area contributed by atoms with Crippen molar-refractivity contribution in [1.82, 2.24) is 4.90 Å². The number of esters is 1. The van der Waals surface area contributed by atoms with E-state index in [4.69, 9.17) is 10.5 Å². The molecule has 2 atom stereocenters. The molecule has 0 bridgehead atoms. The van der Waals surface area contributed by atoms with Gasteiger partial charge in [-0.3, -0.25) is 9.59 Å². The van der Waals surface area contributed by atoms with Crippen LogP contribution in [0.15, 0.2) is 53.9 Å². The van der Waals surface area contributed by atoms with Crippen molar-refractivity contribution in [3.8, 4) is 0 Å². The Morgan fingerprint density at radius 2 is 2.04 bits per heavy atom. The number of carbonyl (C=O) groups is 3. The molecular weight excluding hydrogens is 320 g/mol. The fraction of sp³-hybridized carbons (Fsp3) is 0.211. The number of ketones is 2. The number of hydrogen-bond acceptors (Lipinski definition) is 6. The average molecular weight is 336 g/mol. The Hall–Kier alpha value is -3.15. The summed E-state index contributed by atoms with van der Waals surface area (Å²) in [4.78, 5) is 40.5. The highest BCUT2D eigenvalue weighted by Crippen LogP contribution is 2.44. The fourth-order valence-electron chi connectivity index (χ4n) is 3.76. The van der Waals surface area contributed by atoms with E-state index in [1.165, 1.54) is 0 Å². The lowest BCUT2D eigenvalue weighted by Crippen LogP contribution is -2.46. The third-order valence-corrected chi connectivity index (χ3v) is 4.75. The van der Waals surface area contributed by atoms with Crippen LogP contribution in [-0.2, 0) is 9.53 Å². The molecule has 25 heavy (non-hydrogen) atoms. The SMILES string of the molecule is CCOC(=O)C1=C2C=CC=CN2C2C(=O)c3cccc(N)c3C(=O)C12. The number of rotatable bonds is 2. The Kier molecular flexibility index (Phi) is 3.35. The standard InChI is InChI=1S/C19H16N2O4/c1-2-25-19(24)14-12-8-3-4-9-21(12)16-15(14)18(23)13-10(17(16)22)6-5-7-11(13)20/h3-9,15-16H,2,20H2,1H3. The summed E-state index contributed by atoms with van der Waals surface area (Å²) < 4.78 is 5.15. The van der Waals surface area contributed by atoms with E-state index >= 15 is 0 Å². The molecule has 6 heteroatoms. The van der Waals surface area contributed by atoms with Crippen LogP contribution in [0.5, 0.6) is 0 Å². The van der Waals surface area contributed by atoms with Crippen molar-refractivity contribution in [2.75, 3.05) is 12.3 Å². The van der Waals surface area contributed by atoms with Gasteiger partial charge in [-0.15, -0.1) is 0 Å². The number of nitrogens with two attached hydrogens (primary N) is 1. The molecule has 6 nitrogen and oxygen atoms in total. The second-order valence-electron chi connectivity index (χ2n) is 6.05. The number of ether oxygens (including phenoxy) is 1. The number of nitrogen functional groups attached to an aromatic ring is 1. The molecule has 126 valence electrons. The Balaban J connectivity index is 1.94. The lowest BCUT2D eigenvalue weighted by molar-refractivity contribution is -0.139. The molecule has 2 unspecified atom stereocenters. The molecule has 0 saturated carbocycles. The quantitative estimate of drug-likeness (QED) is 0.655. The van der Waals surface area contributed by atoms with Crippen molar-refractivity contribution in [3.63, 3.8) is 0 Å². The van der Waals surface area contributed by atoms with Gasteiger partial charge in [0.1, 0.15) is 6.04 Å². The van der Waals surface area contributed by atoms with Crippen LogP contribution < -0.4 is 5.73 Å². The summed E-state index contributed by atoms with van der Waals surface area (Å²) in [5.41, 5.74) is 7.46. The zero-order valence-corrected chi connectivity index (χ0v) is 13.6. The van der Waals surface area contributed by atoms with Gasteiger partial charge in [0, 0.05) is 17.5 Å². The van der Waals surface area contributed by atoms with Crippen molar-refractivity contribution in [2.45, 2.75) is 13.0 Å². The molecule has 0 aromatic heterocycles. The van der Waals surface area contributed by atoms with Crippen LogP contribution in [-0.4, -0.2) is 35.1 Å². The smallest absolute Gasteiger partial charge is 0.336 e. The number of Topliss-reactive ketones (excluding diaryl/α,β-unsaturated/α-hetero) is 2. The number of anilines is 1. The third kappa shape index (κ3) is 2.00. The van der Waals surface area contributed by atoms with Crippen LogP contribution in [0.2, 0.25) is 0 Å². The predicted octanol–water partition coefficient (Wildman–Crippen LogP) is 1.85. The van der Waals surface area contributed by atoms with Crippen molar-refractivity contribution < 1.29 is 19.1 Å². The summed E-state index contributed by atoms with van der Waals surface area (Å²) in [6.45, 7) is 1.89. The van der Waals surface area contributed by atoms with Gasteiger partial charge >= 0.3 is 5.97 Å². The van der Waals surface area contributed by atoms with Crippen LogP contribution in [0, 0.1) is 5.92 Å². The molecule has 0 amide bonds. The highest BCUT2D eigenvalue weighted by atomic mass is 16.5. The highest BCUT2D eigenvalue weighted by Gasteiger charge is 2.54. The number of benzene rings is 1. The maximum atomic E-state index is 13.2. The minimum absolute atomic E-state index is 0.188. The Morgan fingerprint density at radius 1 is 1.24 bits per heavy atom. The van der Waals surface area contributed by atoms with E-state index in [1.54, 1.807) is 54.5 Å². The van der Waals surface area contributed by atoms with Crippen LogP contribution >= 0.6 is 0 Å². The summed E-state index contributed by atoms with van der Waals surface area (Å²) >= 11 is 0. The summed E-state index contributed by atoms with van der Waals surface area (Å²) in [7, 11) is 0. The van der Waals surface area contributed by atoms with Gasteiger partial charge in [-0.05, 0) is 25.1 Å². The van der Waals surface area contributed by atoms with Crippen LogP contribution in [0.25, 0.3) is 0 Å². The van der Waals surface area contributed by atoms with Crippen LogP contribution in [0.3, 0.4) is 0 Å². The van der Waals surface area contributed by atoms with Crippen LogP contribution in [0.1, 0.15) is 27.6 Å². The molecular formula is C19H16N2O4. The molecule has 0 saturated heterocycles. The Labute approximate surface area is 144 Å². The minimum atomic E-state index is -0.911. The lowest BCUT2D eigenvalue weighted by Gasteiger charge is -2.32. The van der Waals surface area contributed by atoms with E-state index in [0.29, 0.717) is 11.3 Å². The summed E-state index contributed by atoms with van der Waals surface area (Å²) in [5.74, 6) is -2.02. The van der Waals surface area contributed by atoms with Crippen LogP contribution in [0.4, 0.5) is 5.69 Å². The molecule has 2 aliphatic heterocycles. The first-order valence-corrected chi connectivity index (χ1v) is 8.07. The van der Waals surface area contributed by atoms with Gasteiger partial charge in [-0.25, -0.2) is 4.79 Å². The second-order valence-corrected chi connectivity index (χ2v) is 6.05. The molecule has 0 radical (unpaired) electrons. The molecule has 2 N–H and O–H groups in total. The predicted molar refractivity (Wildman–Crippen MR) is 90.6 cm³/mol. The van der Waals surface area contributed by atoms with E-state index in [-0.39, 0.29) is 35.0 Å². The number of fused-ring (bicyclic) bond motifs is 4. The van der Waals surface area contributed by atoms with Crippen molar-refractivity contribution in [3.05, 3.63) is 65.0 Å². The average Bonchev–Trinajstić information content (AvgIpc) is 2.95. The first-order valence-electron chi connectivity index (χ1n) is 8.07. The molecule has 0 fully saturated rings. The summed E-state index contributed by atoms with van der Waals surface area (Å²) in [6.07, 6.45) is 6.96. The van der Waals surface area contributed by atoms with Gasteiger partial charge in [0.05, 0.1) is 29.4 Å². The van der Waals surface area contributed by atoms with Gasteiger partial charge < -0.3 is 15.4 Å². The molecule has 1 aromatic rings. The highest BCUT2D eigenvalue weighted by molar-refractivity contribution is 6.23. The minimum Gasteiger partial charge on any atom is -0.463 e.